The molecule has 0 fully saturated rings. The highest BCUT2D eigenvalue weighted by molar-refractivity contribution is 5.94. The van der Waals surface area contributed by atoms with E-state index in [0.29, 0.717) is 6.54 Å². The number of rotatable bonds is 5. The normalized spacial score (nSPS) is 16.7. The predicted molar refractivity (Wildman–Crippen MR) is 103 cm³/mol. The maximum absolute atomic E-state index is 13.8. The number of nitrogens with one attached hydrogen (secondary N) is 1. The molecule has 1 aliphatic heterocycles. The molecule has 0 aliphatic carbocycles. The largest absolute Gasteiger partial charge is 0.350 e. The Labute approximate surface area is 158 Å². The molecule has 27 heavy (non-hydrogen) atoms. The van der Waals surface area contributed by atoms with Gasteiger partial charge in [0.1, 0.15) is 5.82 Å². The quantitative estimate of drug-likeness (QED) is 0.754. The van der Waals surface area contributed by atoms with Crippen LogP contribution in [0.1, 0.15) is 21.6 Å². The molecule has 138 valence electrons. The first kappa shape index (κ1) is 17.5. The number of halogens is 1. The summed E-state index contributed by atoms with van der Waals surface area (Å²) in [6, 6.07) is 20.7. The Bertz CT molecular complexity index is 922. The number of carbonyl (C=O) groups excluding carboxylic acids is 1. The zero-order valence-corrected chi connectivity index (χ0v) is 15.0. The van der Waals surface area contributed by atoms with Crippen LogP contribution >= 0.6 is 0 Å². The summed E-state index contributed by atoms with van der Waals surface area (Å²) < 4.78 is 16.1. The second-order valence-electron chi connectivity index (χ2n) is 6.89. The van der Waals surface area contributed by atoms with Crippen LogP contribution < -0.4 is 5.32 Å². The minimum atomic E-state index is -0.493. The maximum Gasteiger partial charge on any atom is 0.254 e. The standard InChI is InChI=1S/C22H22FN3O/c23-21-11-5-4-10-20(21)22(27)24-13-19-16-25-12-6-9-18(25)15-26(19)14-17-7-2-1-3-8-17/h1-12,19H,13-16H2,(H,24,27). The fraction of sp³-hybridized carbons (Fsp3) is 0.227. The van der Waals surface area contributed by atoms with Gasteiger partial charge in [-0.15, -0.1) is 0 Å². The van der Waals surface area contributed by atoms with E-state index in [0.717, 1.165) is 19.6 Å². The van der Waals surface area contributed by atoms with Gasteiger partial charge in [0.15, 0.2) is 0 Å². The van der Waals surface area contributed by atoms with E-state index in [1.165, 1.54) is 23.4 Å². The third-order valence-corrected chi connectivity index (χ3v) is 5.06. The Morgan fingerprint density at radius 2 is 1.81 bits per heavy atom. The summed E-state index contributed by atoms with van der Waals surface area (Å²) in [7, 11) is 0. The lowest BCUT2D eigenvalue weighted by Crippen LogP contribution is -2.48. The molecule has 0 spiro atoms. The number of hydrogen-bond donors (Lipinski definition) is 1. The van der Waals surface area contributed by atoms with Crippen LogP contribution in [0.25, 0.3) is 0 Å². The van der Waals surface area contributed by atoms with Gasteiger partial charge in [-0.3, -0.25) is 9.69 Å². The molecule has 0 saturated heterocycles. The first-order chi connectivity index (χ1) is 13.2. The number of nitrogens with zero attached hydrogens (tertiary/aromatic N) is 2. The number of aromatic nitrogens is 1. The monoisotopic (exact) mass is 363 g/mol. The third kappa shape index (κ3) is 3.93. The summed E-state index contributed by atoms with van der Waals surface area (Å²) in [5, 5.41) is 2.91. The SMILES string of the molecule is O=C(NCC1Cn2cccc2CN1Cc1ccccc1)c1ccccc1F. The first-order valence-corrected chi connectivity index (χ1v) is 9.15. The fourth-order valence-corrected chi connectivity index (χ4v) is 3.60. The van der Waals surface area contributed by atoms with Gasteiger partial charge in [-0.1, -0.05) is 42.5 Å². The van der Waals surface area contributed by atoms with E-state index in [9.17, 15) is 9.18 Å². The third-order valence-electron chi connectivity index (χ3n) is 5.06. The van der Waals surface area contributed by atoms with Crippen molar-refractivity contribution < 1.29 is 9.18 Å². The molecule has 0 saturated carbocycles. The number of carbonyl (C=O) groups is 1. The molecule has 4 rings (SSSR count). The Morgan fingerprint density at radius 3 is 2.63 bits per heavy atom. The Hall–Kier alpha value is -2.92. The molecule has 5 heteroatoms. The van der Waals surface area contributed by atoms with E-state index in [4.69, 9.17) is 0 Å². The number of benzene rings is 2. The van der Waals surface area contributed by atoms with Gasteiger partial charge < -0.3 is 9.88 Å². The van der Waals surface area contributed by atoms with E-state index in [1.807, 2.05) is 18.2 Å². The molecular weight excluding hydrogens is 341 g/mol. The summed E-state index contributed by atoms with van der Waals surface area (Å²) in [6.45, 7) is 2.90. The molecule has 1 aliphatic rings. The summed E-state index contributed by atoms with van der Waals surface area (Å²) in [6.07, 6.45) is 2.07. The zero-order valence-electron chi connectivity index (χ0n) is 15.0. The topological polar surface area (TPSA) is 37.3 Å². The lowest BCUT2D eigenvalue weighted by atomic mass is 10.1. The number of fused-ring (bicyclic) bond motifs is 1. The molecule has 1 amide bonds. The highest BCUT2D eigenvalue weighted by Crippen LogP contribution is 2.20. The van der Waals surface area contributed by atoms with Crippen molar-refractivity contribution in [3.05, 3.63) is 95.6 Å². The molecule has 1 atom stereocenters. The lowest BCUT2D eigenvalue weighted by Gasteiger charge is -2.37. The maximum atomic E-state index is 13.8. The highest BCUT2D eigenvalue weighted by Gasteiger charge is 2.26. The lowest BCUT2D eigenvalue weighted by molar-refractivity contribution is 0.0895. The van der Waals surface area contributed by atoms with E-state index in [1.54, 1.807) is 12.1 Å². The fourth-order valence-electron chi connectivity index (χ4n) is 3.60. The molecule has 3 aromatic rings. The van der Waals surface area contributed by atoms with Crippen LogP contribution in [-0.2, 0) is 19.6 Å². The second-order valence-corrected chi connectivity index (χ2v) is 6.89. The van der Waals surface area contributed by atoms with Crippen molar-refractivity contribution in [1.29, 1.82) is 0 Å². The highest BCUT2D eigenvalue weighted by atomic mass is 19.1. The van der Waals surface area contributed by atoms with Crippen LogP contribution in [-0.4, -0.2) is 28.0 Å². The molecule has 2 aromatic carbocycles. The van der Waals surface area contributed by atoms with Gasteiger partial charge in [0.2, 0.25) is 0 Å². The molecule has 1 aromatic heterocycles. The molecule has 2 heterocycles. The minimum Gasteiger partial charge on any atom is -0.350 e. The van der Waals surface area contributed by atoms with Gasteiger partial charge in [-0.05, 0) is 29.8 Å². The Kier molecular flexibility index (Phi) is 5.03. The summed E-state index contributed by atoms with van der Waals surface area (Å²) in [5.74, 6) is -0.862. The van der Waals surface area contributed by atoms with Crippen LogP contribution in [0.4, 0.5) is 4.39 Å². The molecular formula is C22H22FN3O. The molecule has 4 nitrogen and oxygen atoms in total. The van der Waals surface area contributed by atoms with Crippen LogP contribution in [0.5, 0.6) is 0 Å². The van der Waals surface area contributed by atoms with Crippen molar-refractivity contribution in [1.82, 2.24) is 14.8 Å². The zero-order chi connectivity index (χ0) is 18.6. The predicted octanol–water partition coefficient (Wildman–Crippen LogP) is 3.44. The van der Waals surface area contributed by atoms with E-state index < -0.39 is 5.82 Å². The average molecular weight is 363 g/mol. The van der Waals surface area contributed by atoms with Crippen molar-refractivity contribution in [3.8, 4) is 0 Å². The van der Waals surface area contributed by atoms with Gasteiger partial charge in [0.05, 0.1) is 5.56 Å². The summed E-state index contributed by atoms with van der Waals surface area (Å²) in [5.41, 5.74) is 2.59. The first-order valence-electron chi connectivity index (χ1n) is 9.15. The van der Waals surface area contributed by atoms with Crippen molar-refractivity contribution in [2.75, 3.05) is 6.54 Å². The average Bonchev–Trinajstić information content (AvgIpc) is 3.14. The van der Waals surface area contributed by atoms with Crippen LogP contribution in [0, 0.1) is 5.82 Å². The smallest absolute Gasteiger partial charge is 0.254 e. The Balaban J connectivity index is 1.48. The molecule has 0 radical (unpaired) electrons. The van der Waals surface area contributed by atoms with E-state index >= 15 is 0 Å². The van der Waals surface area contributed by atoms with Gasteiger partial charge in [0.25, 0.3) is 5.91 Å². The molecule has 0 bridgehead atoms. The number of hydrogen-bond acceptors (Lipinski definition) is 2. The minimum absolute atomic E-state index is 0.0876. The van der Waals surface area contributed by atoms with Gasteiger partial charge >= 0.3 is 0 Å². The second kappa shape index (κ2) is 7.76. The van der Waals surface area contributed by atoms with E-state index in [-0.39, 0.29) is 17.5 Å². The van der Waals surface area contributed by atoms with Crippen molar-refractivity contribution in [2.24, 2.45) is 0 Å². The molecule has 1 N–H and O–H groups in total. The van der Waals surface area contributed by atoms with Gasteiger partial charge in [-0.25, -0.2) is 4.39 Å². The van der Waals surface area contributed by atoms with Crippen LogP contribution in [0.15, 0.2) is 72.9 Å². The summed E-state index contributed by atoms with van der Waals surface area (Å²) >= 11 is 0. The van der Waals surface area contributed by atoms with Crippen LogP contribution in [0.2, 0.25) is 0 Å². The van der Waals surface area contributed by atoms with Gasteiger partial charge in [-0.2, -0.15) is 0 Å². The van der Waals surface area contributed by atoms with Crippen molar-refractivity contribution in [2.45, 2.75) is 25.7 Å². The Morgan fingerprint density at radius 1 is 1.04 bits per heavy atom. The van der Waals surface area contributed by atoms with E-state index in [2.05, 4.69) is 45.2 Å². The number of amides is 1. The molecule has 1 unspecified atom stereocenters. The van der Waals surface area contributed by atoms with Crippen molar-refractivity contribution in [3.63, 3.8) is 0 Å². The van der Waals surface area contributed by atoms with Gasteiger partial charge in [0, 0.05) is 44.1 Å². The van der Waals surface area contributed by atoms with Crippen LogP contribution in [0.3, 0.4) is 0 Å². The summed E-state index contributed by atoms with van der Waals surface area (Å²) in [4.78, 5) is 14.8. The van der Waals surface area contributed by atoms with Crippen molar-refractivity contribution >= 4 is 5.91 Å².